The third-order valence-electron chi connectivity index (χ3n) is 10.2. The summed E-state index contributed by atoms with van der Waals surface area (Å²) < 4.78 is 48.4. The Morgan fingerprint density at radius 2 is 1.73 bits per heavy atom. The first-order valence-electron chi connectivity index (χ1n) is 17.2. The molecule has 2 aromatic carbocycles. The van der Waals surface area contributed by atoms with E-state index in [2.05, 4.69) is 50.2 Å². The lowest BCUT2D eigenvalue weighted by molar-refractivity contribution is 0.0949. The number of methoxy groups -OCH3 is 1. The van der Waals surface area contributed by atoms with Crippen molar-refractivity contribution in [1.29, 1.82) is 5.26 Å². The molecule has 14 heteroatoms. The molecule has 1 fully saturated rings. The molecule has 0 radical (unpaired) electrons. The first kappa shape index (κ1) is 38.7. The van der Waals surface area contributed by atoms with Gasteiger partial charge in [-0.2, -0.15) is 9.57 Å². The van der Waals surface area contributed by atoms with Crippen molar-refractivity contribution >= 4 is 35.2 Å². The van der Waals surface area contributed by atoms with Gasteiger partial charge in [-0.25, -0.2) is 13.4 Å². The fraction of sp³-hybridized carbons (Fsp3) is 0.421. The summed E-state index contributed by atoms with van der Waals surface area (Å²) in [4.78, 5) is 30.9. The van der Waals surface area contributed by atoms with Crippen LogP contribution in [-0.4, -0.2) is 68.1 Å². The van der Waals surface area contributed by atoms with Gasteiger partial charge >= 0.3 is 0 Å². The van der Waals surface area contributed by atoms with Crippen molar-refractivity contribution in [2.75, 3.05) is 26.9 Å². The third kappa shape index (κ3) is 8.23. The summed E-state index contributed by atoms with van der Waals surface area (Å²) in [6.45, 7) is 11.3. The average Bonchev–Trinajstić information content (AvgIpc) is 3.92. The van der Waals surface area contributed by atoms with E-state index in [0.29, 0.717) is 35.1 Å². The van der Waals surface area contributed by atoms with Gasteiger partial charge in [-0.05, 0) is 78.5 Å². The molecule has 0 atom stereocenters. The highest BCUT2D eigenvalue weighted by Crippen LogP contribution is 2.46. The average molecular weight is 746 g/mol. The summed E-state index contributed by atoms with van der Waals surface area (Å²) in [5.74, 6) is 0.231. The third-order valence-corrected chi connectivity index (χ3v) is 17.3. The van der Waals surface area contributed by atoms with Gasteiger partial charge in [-0.1, -0.05) is 45.0 Å². The van der Waals surface area contributed by atoms with E-state index in [1.54, 1.807) is 37.4 Å². The topological polar surface area (TPSA) is 153 Å². The second kappa shape index (κ2) is 15.2. The number of sulfonamides is 1. The van der Waals surface area contributed by atoms with Crippen LogP contribution >= 0.6 is 0 Å². The van der Waals surface area contributed by atoms with E-state index in [1.807, 2.05) is 24.3 Å². The van der Waals surface area contributed by atoms with Crippen molar-refractivity contribution in [3.8, 4) is 17.7 Å². The molecule has 12 nitrogen and oxygen atoms in total. The normalized spacial score (nSPS) is 14.2. The molecule has 5 rings (SSSR count). The van der Waals surface area contributed by atoms with Crippen molar-refractivity contribution in [1.82, 2.24) is 19.2 Å². The van der Waals surface area contributed by atoms with Crippen molar-refractivity contribution in [2.24, 2.45) is 7.05 Å². The van der Waals surface area contributed by atoms with E-state index in [0.717, 1.165) is 11.1 Å². The minimum Gasteiger partial charge on any atom is -0.497 e. The van der Waals surface area contributed by atoms with Crippen LogP contribution in [0, 0.1) is 11.3 Å². The molecular weight excluding hydrogens is 699 g/mol. The molecule has 0 aliphatic heterocycles. The number of fused-ring (bicyclic) bond motifs is 1. The second-order valence-corrected chi connectivity index (χ2v) is 21.9. The SMILES string of the molecule is COc1ccc(CN(CCO[Si](C)(C)C(C)(C)C)S(=O)(=O)C2(COc3nccc4cc(C(=O)NCc5ccc(C#N)cc5)c(=O)n(C)c34)CC2)cc1. The van der Waals surface area contributed by atoms with Gasteiger partial charge in [0.25, 0.3) is 11.5 Å². The zero-order valence-electron chi connectivity index (χ0n) is 30.9. The first-order valence-corrected chi connectivity index (χ1v) is 21.5. The summed E-state index contributed by atoms with van der Waals surface area (Å²) >= 11 is 0. The van der Waals surface area contributed by atoms with Crippen LogP contribution in [0.1, 0.15) is 60.7 Å². The molecule has 1 N–H and O–H groups in total. The maximum atomic E-state index is 14.5. The zero-order valence-corrected chi connectivity index (χ0v) is 32.7. The number of hydrogen-bond donors (Lipinski definition) is 1. The molecule has 0 saturated heterocycles. The molecule has 4 aromatic rings. The number of nitriles is 1. The van der Waals surface area contributed by atoms with E-state index >= 15 is 0 Å². The maximum Gasteiger partial charge on any atom is 0.263 e. The minimum absolute atomic E-state index is 0.0273. The molecule has 52 heavy (non-hydrogen) atoms. The number of nitrogens with zero attached hydrogens (tertiary/aromatic N) is 4. The lowest BCUT2D eigenvalue weighted by Gasteiger charge is -2.37. The molecular formula is C38H47N5O7SSi. The molecule has 1 saturated carbocycles. The molecule has 2 aromatic heterocycles. The summed E-state index contributed by atoms with van der Waals surface area (Å²) in [5.41, 5.74) is 1.84. The van der Waals surface area contributed by atoms with Gasteiger partial charge in [0.2, 0.25) is 15.9 Å². The van der Waals surface area contributed by atoms with Crippen molar-refractivity contribution in [2.45, 2.75) is 69.6 Å². The van der Waals surface area contributed by atoms with E-state index in [4.69, 9.17) is 19.2 Å². The Bertz CT molecular complexity index is 2130. The van der Waals surface area contributed by atoms with Gasteiger partial charge < -0.3 is 23.8 Å². The summed E-state index contributed by atoms with van der Waals surface area (Å²) in [5, 5.41) is 12.3. The van der Waals surface area contributed by atoms with E-state index in [9.17, 15) is 18.0 Å². The van der Waals surface area contributed by atoms with Gasteiger partial charge in [0.1, 0.15) is 28.2 Å². The number of carbonyl (C=O) groups is 1. The van der Waals surface area contributed by atoms with E-state index in [1.165, 1.54) is 28.2 Å². The van der Waals surface area contributed by atoms with Crippen molar-refractivity contribution in [3.63, 3.8) is 0 Å². The van der Waals surface area contributed by atoms with Gasteiger partial charge in [0.05, 0.1) is 18.7 Å². The number of hydrogen-bond acceptors (Lipinski definition) is 9. The number of benzene rings is 2. The number of nitrogens with one attached hydrogen (secondary N) is 1. The number of rotatable bonds is 15. The van der Waals surface area contributed by atoms with Crippen molar-refractivity contribution in [3.05, 3.63) is 99.5 Å². The Hall–Kier alpha value is -4.55. The van der Waals surface area contributed by atoms with E-state index in [-0.39, 0.29) is 49.3 Å². The lowest BCUT2D eigenvalue weighted by Crippen LogP contribution is -2.46. The Balaban J connectivity index is 1.35. The minimum atomic E-state index is -3.90. The Morgan fingerprint density at radius 3 is 2.33 bits per heavy atom. The lowest BCUT2D eigenvalue weighted by atomic mass is 10.1. The van der Waals surface area contributed by atoms with Crippen LogP contribution < -0.4 is 20.3 Å². The highest BCUT2D eigenvalue weighted by atomic mass is 32.2. The zero-order chi connectivity index (χ0) is 37.9. The Labute approximate surface area is 306 Å². The number of aromatic nitrogens is 2. The smallest absolute Gasteiger partial charge is 0.263 e. The standard InChI is InChI=1S/C38H47N5O7SSi/c1-37(2,3)52(6,7)50-21-20-43(25-29-12-14-31(48-5)15-13-29)51(46,47)38(17-18-38)26-49-35-33-30(16-19-40-35)22-32(36(45)42(33)4)34(44)41-24-28-10-8-27(23-39)9-11-28/h8-16,19,22H,17-18,20-21,24-26H2,1-7H3,(H,41,44). The predicted molar refractivity (Wildman–Crippen MR) is 202 cm³/mol. The Morgan fingerprint density at radius 1 is 1.08 bits per heavy atom. The highest BCUT2D eigenvalue weighted by molar-refractivity contribution is 7.90. The van der Waals surface area contributed by atoms with E-state index < -0.39 is 34.6 Å². The molecule has 1 aliphatic rings. The molecule has 276 valence electrons. The molecule has 0 spiro atoms. The van der Waals surface area contributed by atoms with Crippen LogP contribution in [0.15, 0.2) is 71.7 Å². The van der Waals surface area contributed by atoms with Crippen molar-refractivity contribution < 1.29 is 27.1 Å². The highest BCUT2D eigenvalue weighted by Gasteiger charge is 2.58. The molecule has 1 aliphatic carbocycles. The molecule has 2 heterocycles. The fourth-order valence-electron chi connectivity index (χ4n) is 5.57. The molecule has 0 bridgehead atoms. The number of aryl methyl sites for hydroxylation is 1. The maximum absolute atomic E-state index is 14.5. The van der Waals surface area contributed by atoms with Crippen LogP contribution in [0.25, 0.3) is 10.9 Å². The summed E-state index contributed by atoms with van der Waals surface area (Å²) in [6, 6.07) is 19.3. The van der Waals surface area contributed by atoms with Gasteiger partial charge in [-0.3, -0.25) is 9.59 Å². The molecule has 0 unspecified atom stereocenters. The second-order valence-electron chi connectivity index (χ2n) is 14.7. The number of ether oxygens (including phenoxy) is 2. The van der Waals surface area contributed by atoms with Crippen LogP contribution in [0.5, 0.6) is 11.6 Å². The number of carbonyl (C=O) groups excluding carboxylic acids is 1. The van der Waals surface area contributed by atoms with Gasteiger partial charge in [0.15, 0.2) is 8.32 Å². The van der Waals surface area contributed by atoms with Gasteiger partial charge in [0, 0.05) is 44.9 Å². The Kier molecular flexibility index (Phi) is 11.3. The number of amides is 1. The number of pyridine rings is 2. The van der Waals surface area contributed by atoms with Crippen LogP contribution in [0.2, 0.25) is 18.1 Å². The van der Waals surface area contributed by atoms with Crippen LogP contribution in [0.4, 0.5) is 0 Å². The summed E-state index contributed by atoms with van der Waals surface area (Å²) in [7, 11) is -2.92. The molecule has 1 amide bonds. The first-order chi connectivity index (χ1) is 24.5. The van der Waals surface area contributed by atoms with Crippen LogP contribution in [0.3, 0.4) is 0 Å². The largest absolute Gasteiger partial charge is 0.497 e. The van der Waals surface area contributed by atoms with Gasteiger partial charge in [-0.15, -0.1) is 0 Å². The predicted octanol–water partition coefficient (Wildman–Crippen LogP) is 5.51. The van der Waals surface area contributed by atoms with Crippen LogP contribution in [-0.2, 0) is 34.6 Å². The fourth-order valence-corrected chi connectivity index (χ4v) is 8.61. The quantitative estimate of drug-likeness (QED) is 0.155. The summed E-state index contributed by atoms with van der Waals surface area (Å²) in [6.07, 6.45) is 2.32. The monoisotopic (exact) mass is 745 g/mol.